The molecule has 0 aliphatic heterocycles. The molecule has 88 valence electrons. The molecule has 3 nitrogen and oxygen atoms in total. The molecular formula is C13H20N2O. The van der Waals surface area contributed by atoms with Crippen LogP contribution in [-0.4, -0.2) is 9.97 Å². The van der Waals surface area contributed by atoms with E-state index in [1.54, 1.807) is 0 Å². The third kappa shape index (κ3) is 2.34. The minimum absolute atomic E-state index is 0.0340. The first kappa shape index (κ1) is 11.4. The standard InChI is InChI=1S/C13H20N2O/c1-9-10(2)14-12(15-13(9)16)11-7-5-3-4-6-8-11/h11H,3-8H2,1-2H3,(H,14,15,16). The van der Waals surface area contributed by atoms with E-state index in [0.29, 0.717) is 5.92 Å². The Bertz CT molecular complexity index is 414. The number of nitrogens with one attached hydrogen (secondary N) is 1. The number of nitrogens with zero attached hydrogens (tertiary/aromatic N) is 1. The summed E-state index contributed by atoms with van der Waals surface area (Å²) in [6, 6.07) is 0. The Morgan fingerprint density at radius 3 is 2.31 bits per heavy atom. The van der Waals surface area contributed by atoms with Crippen LogP contribution in [-0.2, 0) is 0 Å². The quantitative estimate of drug-likeness (QED) is 0.740. The molecule has 0 atom stereocenters. The van der Waals surface area contributed by atoms with Crippen LogP contribution in [0.5, 0.6) is 0 Å². The number of aromatic nitrogens is 2. The van der Waals surface area contributed by atoms with Crippen molar-refractivity contribution < 1.29 is 0 Å². The lowest BCUT2D eigenvalue weighted by atomic mass is 9.99. The summed E-state index contributed by atoms with van der Waals surface area (Å²) in [5.74, 6) is 1.38. The van der Waals surface area contributed by atoms with Crippen LogP contribution >= 0.6 is 0 Å². The largest absolute Gasteiger partial charge is 0.310 e. The Labute approximate surface area is 96.3 Å². The van der Waals surface area contributed by atoms with Gasteiger partial charge in [0.2, 0.25) is 0 Å². The van der Waals surface area contributed by atoms with Gasteiger partial charge in [0, 0.05) is 17.2 Å². The van der Waals surface area contributed by atoms with Gasteiger partial charge >= 0.3 is 0 Å². The second-order valence-electron chi connectivity index (χ2n) is 4.85. The predicted molar refractivity (Wildman–Crippen MR) is 64.8 cm³/mol. The lowest BCUT2D eigenvalue weighted by Gasteiger charge is -2.13. The normalized spacial score (nSPS) is 18.4. The molecule has 1 N–H and O–H groups in total. The molecule has 1 fully saturated rings. The first-order valence-corrected chi connectivity index (χ1v) is 6.26. The first-order valence-electron chi connectivity index (χ1n) is 6.26. The molecule has 1 aliphatic carbocycles. The summed E-state index contributed by atoms with van der Waals surface area (Å²) < 4.78 is 0. The van der Waals surface area contributed by atoms with E-state index < -0.39 is 0 Å². The van der Waals surface area contributed by atoms with Gasteiger partial charge in [-0.15, -0.1) is 0 Å². The fourth-order valence-electron chi connectivity index (χ4n) is 2.41. The summed E-state index contributed by atoms with van der Waals surface area (Å²) in [6.45, 7) is 3.75. The van der Waals surface area contributed by atoms with Gasteiger partial charge in [0.1, 0.15) is 5.82 Å². The summed E-state index contributed by atoms with van der Waals surface area (Å²) in [6.07, 6.45) is 7.52. The van der Waals surface area contributed by atoms with Gasteiger partial charge in [-0.25, -0.2) is 4.98 Å². The van der Waals surface area contributed by atoms with Crippen LogP contribution in [0.25, 0.3) is 0 Å². The van der Waals surface area contributed by atoms with E-state index in [4.69, 9.17) is 0 Å². The molecule has 3 heteroatoms. The molecule has 16 heavy (non-hydrogen) atoms. The van der Waals surface area contributed by atoms with Crippen molar-refractivity contribution in [1.29, 1.82) is 0 Å². The van der Waals surface area contributed by atoms with Gasteiger partial charge in [0.25, 0.3) is 5.56 Å². The molecule has 0 aromatic carbocycles. The number of rotatable bonds is 1. The van der Waals surface area contributed by atoms with Crippen molar-refractivity contribution in [2.24, 2.45) is 0 Å². The van der Waals surface area contributed by atoms with Gasteiger partial charge in [0.05, 0.1) is 0 Å². The van der Waals surface area contributed by atoms with Gasteiger partial charge < -0.3 is 4.98 Å². The molecule has 0 spiro atoms. The maximum atomic E-state index is 11.7. The molecule has 0 unspecified atom stereocenters. The van der Waals surface area contributed by atoms with Gasteiger partial charge in [-0.05, 0) is 26.7 Å². The Morgan fingerprint density at radius 1 is 1.12 bits per heavy atom. The van der Waals surface area contributed by atoms with E-state index >= 15 is 0 Å². The average molecular weight is 220 g/mol. The molecule has 1 aromatic rings. The second-order valence-corrected chi connectivity index (χ2v) is 4.85. The van der Waals surface area contributed by atoms with Crippen LogP contribution < -0.4 is 5.56 Å². The maximum Gasteiger partial charge on any atom is 0.254 e. The van der Waals surface area contributed by atoms with E-state index in [2.05, 4.69) is 9.97 Å². The monoisotopic (exact) mass is 220 g/mol. The number of aromatic amines is 1. The highest BCUT2D eigenvalue weighted by Gasteiger charge is 2.17. The molecule has 1 heterocycles. The first-order chi connectivity index (χ1) is 7.68. The molecule has 0 saturated heterocycles. The highest BCUT2D eigenvalue weighted by molar-refractivity contribution is 5.15. The van der Waals surface area contributed by atoms with E-state index in [1.165, 1.54) is 38.5 Å². The molecule has 0 bridgehead atoms. The van der Waals surface area contributed by atoms with Crippen LogP contribution in [0.4, 0.5) is 0 Å². The Morgan fingerprint density at radius 2 is 1.75 bits per heavy atom. The van der Waals surface area contributed by atoms with Crippen molar-refractivity contribution in [2.45, 2.75) is 58.3 Å². The summed E-state index contributed by atoms with van der Waals surface area (Å²) in [5.41, 5.74) is 1.66. The Balaban J connectivity index is 2.28. The fourth-order valence-corrected chi connectivity index (χ4v) is 2.41. The van der Waals surface area contributed by atoms with Gasteiger partial charge in [0.15, 0.2) is 0 Å². The molecule has 1 aromatic heterocycles. The zero-order chi connectivity index (χ0) is 11.5. The van der Waals surface area contributed by atoms with Crippen molar-refractivity contribution in [2.75, 3.05) is 0 Å². The second kappa shape index (κ2) is 4.81. The Kier molecular flexibility index (Phi) is 3.42. The van der Waals surface area contributed by atoms with E-state index in [9.17, 15) is 4.79 Å². The molecule has 0 radical (unpaired) electrons. The average Bonchev–Trinajstić information content (AvgIpc) is 2.53. The van der Waals surface area contributed by atoms with Crippen LogP contribution in [0, 0.1) is 13.8 Å². The van der Waals surface area contributed by atoms with Crippen molar-refractivity contribution in [3.8, 4) is 0 Å². The third-order valence-corrected chi connectivity index (χ3v) is 3.65. The fraction of sp³-hybridized carbons (Fsp3) is 0.692. The zero-order valence-corrected chi connectivity index (χ0v) is 10.2. The molecular weight excluding hydrogens is 200 g/mol. The van der Waals surface area contributed by atoms with Gasteiger partial charge in [-0.1, -0.05) is 25.7 Å². The summed E-state index contributed by atoms with van der Waals surface area (Å²) in [5, 5.41) is 0. The van der Waals surface area contributed by atoms with E-state index in [0.717, 1.165) is 17.1 Å². The summed E-state index contributed by atoms with van der Waals surface area (Å²) in [7, 11) is 0. The SMILES string of the molecule is Cc1nc(C2CCCCCC2)[nH]c(=O)c1C. The van der Waals surface area contributed by atoms with E-state index in [1.807, 2.05) is 13.8 Å². The number of H-pyrrole nitrogens is 1. The zero-order valence-electron chi connectivity index (χ0n) is 10.2. The predicted octanol–water partition coefficient (Wildman–Crippen LogP) is 2.82. The van der Waals surface area contributed by atoms with Crippen molar-refractivity contribution >= 4 is 0 Å². The minimum atomic E-state index is 0.0340. The molecule has 1 aliphatic rings. The highest BCUT2D eigenvalue weighted by atomic mass is 16.1. The van der Waals surface area contributed by atoms with E-state index in [-0.39, 0.29) is 5.56 Å². The lowest BCUT2D eigenvalue weighted by molar-refractivity contribution is 0.556. The van der Waals surface area contributed by atoms with Crippen LogP contribution in [0.2, 0.25) is 0 Å². The van der Waals surface area contributed by atoms with Crippen molar-refractivity contribution in [1.82, 2.24) is 9.97 Å². The minimum Gasteiger partial charge on any atom is -0.310 e. The number of aryl methyl sites for hydroxylation is 1. The van der Waals surface area contributed by atoms with Crippen LogP contribution in [0.15, 0.2) is 4.79 Å². The van der Waals surface area contributed by atoms with Crippen LogP contribution in [0.3, 0.4) is 0 Å². The van der Waals surface area contributed by atoms with Crippen LogP contribution in [0.1, 0.15) is 61.5 Å². The van der Waals surface area contributed by atoms with Gasteiger partial charge in [-0.3, -0.25) is 4.79 Å². The smallest absolute Gasteiger partial charge is 0.254 e. The van der Waals surface area contributed by atoms with Crippen molar-refractivity contribution in [3.05, 3.63) is 27.4 Å². The molecule has 2 rings (SSSR count). The van der Waals surface area contributed by atoms with Crippen molar-refractivity contribution in [3.63, 3.8) is 0 Å². The Hall–Kier alpha value is -1.12. The third-order valence-electron chi connectivity index (χ3n) is 3.65. The molecule has 0 amide bonds. The lowest BCUT2D eigenvalue weighted by Crippen LogP contribution is -2.18. The maximum absolute atomic E-state index is 11.7. The number of hydrogen-bond donors (Lipinski definition) is 1. The topological polar surface area (TPSA) is 45.8 Å². The van der Waals surface area contributed by atoms with Gasteiger partial charge in [-0.2, -0.15) is 0 Å². The summed E-state index contributed by atoms with van der Waals surface area (Å²) >= 11 is 0. The summed E-state index contributed by atoms with van der Waals surface area (Å²) in [4.78, 5) is 19.2. The highest BCUT2D eigenvalue weighted by Crippen LogP contribution is 2.29. The number of hydrogen-bond acceptors (Lipinski definition) is 2. The molecule has 1 saturated carbocycles.